The predicted octanol–water partition coefficient (Wildman–Crippen LogP) is 5.76. The van der Waals surface area contributed by atoms with Gasteiger partial charge in [-0.2, -0.15) is 0 Å². The molecule has 0 spiro atoms. The molecular formula is C37H37NO8. The standard InChI is InChI=1S/C37H37NO8/c1-23(21-39)36(42)45-30-14-10-26(11-15-30)25-4-6-27(7-5-25)32-17-16-31(46-37(43)24(2)22-44-3)20-33(32)28-8-12-29(13-9-28)38-34(40)18-19-35(38)41/h4-7,10-11,14-17,20,28-29,39H,1-2,8-9,12-13,18-19,21-22H2,3H3. The van der Waals surface area contributed by atoms with Crippen LogP contribution in [0.25, 0.3) is 22.3 Å². The summed E-state index contributed by atoms with van der Waals surface area (Å²) in [6, 6.07) is 20.7. The van der Waals surface area contributed by atoms with E-state index in [2.05, 4.69) is 13.2 Å². The van der Waals surface area contributed by atoms with Crippen LogP contribution in [0, 0.1) is 0 Å². The third kappa shape index (κ3) is 7.33. The zero-order valence-electron chi connectivity index (χ0n) is 25.8. The number of carbonyl (C=O) groups is 4. The fraction of sp³-hybridized carbons (Fsp3) is 0.297. The fourth-order valence-electron chi connectivity index (χ4n) is 6.06. The molecule has 3 aromatic rings. The second-order valence-corrected chi connectivity index (χ2v) is 11.6. The maximum atomic E-state index is 12.6. The minimum absolute atomic E-state index is 0.0217. The minimum atomic E-state index is -0.678. The molecule has 2 amide bonds. The van der Waals surface area contributed by atoms with E-state index in [4.69, 9.17) is 19.3 Å². The molecule has 1 saturated carbocycles. The number of aliphatic hydroxyl groups excluding tert-OH is 1. The number of aliphatic hydroxyl groups is 1. The van der Waals surface area contributed by atoms with Gasteiger partial charge in [0.15, 0.2) is 0 Å². The fourth-order valence-corrected chi connectivity index (χ4v) is 6.06. The van der Waals surface area contributed by atoms with Crippen LogP contribution in [0.2, 0.25) is 0 Å². The van der Waals surface area contributed by atoms with Gasteiger partial charge in [-0.15, -0.1) is 0 Å². The molecule has 0 bridgehead atoms. The smallest absolute Gasteiger partial charge is 0.341 e. The molecule has 1 N–H and O–H groups in total. The normalized spacial score (nSPS) is 17.9. The van der Waals surface area contributed by atoms with Crippen molar-refractivity contribution in [2.24, 2.45) is 0 Å². The van der Waals surface area contributed by atoms with Gasteiger partial charge in [0.2, 0.25) is 11.8 Å². The number of nitrogens with zero attached hydrogens (tertiary/aromatic N) is 1. The van der Waals surface area contributed by atoms with Crippen LogP contribution in [0.3, 0.4) is 0 Å². The summed E-state index contributed by atoms with van der Waals surface area (Å²) in [5.41, 5.74) is 5.10. The Morgan fingerprint density at radius 2 is 1.28 bits per heavy atom. The first-order valence-corrected chi connectivity index (χ1v) is 15.3. The molecule has 9 heteroatoms. The molecular weight excluding hydrogens is 586 g/mol. The predicted molar refractivity (Wildman–Crippen MR) is 172 cm³/mol. The maximum absolute atomic E-state index is 12.6. The van der Waals surface area contributed by atoms with Crippen LogP contribution >= 0.6 is 0 Å². The number of benzene rings is 3. The summed E-state index contributed by atoms with van der Waals surface area (Å²) in [7, 11) is 1.49. The highest BCUT2D eigenvalue weighted by molar-refractivity contribution is 6.02. The van der Waals surface area contributed by atoms with E-state index in [0.717, 1.165) is 40.7 Å². The van der Waals surface area contributed by atoms with Crippen LogP contribution in [-0.2, 0) is 23.9 Å². The number of carbonyl (C=O) groups excluding carboxylic acids is 4. The van der Waals surface area contributed by atoms with Crippen molar-refractivity contribution in [2.75, 3.05) is 20.3 Å². The number of imide groups is 1. The Kier molecular flexibility index (Phi) is 10.2. The summed E-state index contributed by atoms with van der Waals surface area (Å²) < 4.78 is 15.9. The Bertz CT molecular complexity index is 1630. The summed E-state index contributed by atoms with van der Waals surface area (Å²) in [5, 5.41) is 9.07. The van der Waals surface area contributed by atoms with Crippen LogP contribution in [0.5, 0.6) is 11.5 Å². The zero-order valence-corrected chi connectivity index (χ0v) is 25.8. The van der Waals surface area contributed by atoms with Crippen molar-refractivity contribution in [3.63, 3.8) is 0 Å². The van der Waals surface area contributed by atoms with Crippen molar-refractivity contribution in [3.05, 3.63) is 96.6 Å². The van der Waals surface area contributed by atoms with Gasteiger partial charge in [-0.1, -0.05) is 55.6 Å². The van der Waals surface area contributed by atoms with Crippen molar-refractivity contribution in [2.45, 2.75) is 50.5 Å². The Morgan fingerprint density at radius 3 is 1.87 bits per heavy atom. The molecule has 1 aliphatic heterocycles. The van der Waals surface area contributed by atoms with E-state index in [9.17, 15) is 19.2 Å². The molecule has 0 unspecified atom stereocenters. The number of ether oxygens (including phenoxy) is 3. The third-order valence-corrected chi connectivity index (χ3v) is 8.51. The topological polar surface area (TPSA) is 119 Å². The van der Waals surface area contributed by atoms with Gasteiger partial charge >= 0.3 is 11.9 Å². The van der Waals surface area contributed by atoms with Gasteiger partial charge in [-0.25, -0.2) is 9.59 Å². The molecule has 0 radical (unpaired) electrons. The molecule has 1 heterocycles. The van der Waals surface area contributed by atoms with E-state index in [1.165, 1.54) is 12.0 Å². The molecule has 1 aliphatic carbocycles. The first kappa shape index (κ1) is 32.5. The van der Waals surface area contributed by atoms with E-state index >= 15 is 0 Å². The van der Waals surface area contributed by atoms with Gasteiger partial charge in [0.05, 0.1) is 24.4 Å². The number of rotatable bonds is 11. The average Bonchev–Trinajstić information content (AvgIpc) is 3.42. The van der Waals surface area contributed by atoms with Crippen molar-refractivity contribution < 1.29 is 38.5 Å². The van der Waals surface area contributed by atoms with Crippen molar-refractivity contribution >= 4 is 23.8 Å². The number of esters is 2. The summed E-state index contributed by atoms with van der Waals surface area (Å²) in [6.45, 7) is 6.83. The van der Waals surface area contributed by atoms with Crippen LogP contribution in [0.4, 0.5) is 0 Å². The van der Waals surface area contributed by atoms with Crippen LogP contribution in [0.1, 0.15) is 50.0 Å². The highest BCUT2D eigenvalue weighted by atomic mass is 16.5. The lowest BCUT2D eigenvalue weighted by atomic mass is 9.78. The minimum Gasteiger partial charge on any atom is -0.423 e. The third-order valence-electron chi connectivity index (χ3n) is 8.51. The molecule has 1 saturated heterocycles. The van der Waals surface area contributed by atoms with E-state index in [0.29, 0.717) is 37.2 Å². The number of hydrogen-bond donors (Lipinski definition) is 1. The Balaban J connectivity index is 1.37. The van der Waals surface area contributed by atoms with E-state index in [1.54, 1.807) is 18.2 Å². The van der Waals surface area contributed by atoms with Crippen molar-refractivity contribution in [3.8, 4) is 33.8 Å². The number of hydrogen-bond acceptors (Lipinski definition) is 8. The van der Waals surface area contributed by atoms with Crippen LogP contribution < -0.4 is 9.47 Å². The monoisotopic (exact) mass is 623 g/mol. The summed E-state index contributed by atoms with van der Waals surface area (Å²) in [5.74, 6) is -0.499. The van der Waals surface area contributed by atoms with E-state index in [1.807, 2.05) is 48.5 Å². The number of likely N-dealkylation sites (tertiary alicyclic amines) is 1. The summed E-state index contributed by atoms with van der Waals surface area (Å²) in [4.78, 5) is 50.7. The van der Waals surface area contributed by atoms with Gasteiger partial charge in [-0.05, 0) is 83.7 Å². The molecule has 2 fully saturated rings. The van der Waals surface area contributed by atoms with Gasteiger partial charge in [0, 0.05) is 26.0 Å². The molecule has 46 heavy (non-hydrogen) atoms. The SMILES string of the molecule is C=C(CO)C(=O)Oc1ccc(-c2ccc(-c3ccc(OC(=O)C(=C)COC)cc3C3CCC(N4C(=O)CCC4=O)CC3)cc2)cc1. The van der Waals surface area contributed by atoms with Crippen molar-refractivity contribution in [1.29, 1.82) is 0 Å². The summed E-state index contributed by atoms with van der Waals surface area (Å²) >= 11 is 0. The highest BCUT2D eigenvalue weighted by Crippen LogP contribution is 2.42. The largest absolute Gasteiger partial charge is 0.423 e. The van der Waals surface area contributed by atoms with Crippen molar-refractivity contribution in [1.82, 2.24) is 4.90 Å². The second kappa shape index (κ2) is 14.5. The first-order valence-electron chi connectivity index (χ1n) is 15.3. The lowest BCUT2D eigenvalue weighted by molar-refractivity contribution is -0.142. The van der Waals surface area contributed by atoms with Gasteiger partial charge in [0.25, 0.3) is 0 Å². The van der Waals surface area contributed by atoms with Crippen LogP contribution in [-0.4, -0.2) is 60.1 Å². The molecule has 238 valence electrons. The van der Waals surface area contributed by atoms with Gasteiger partial charge in [0.1, 0.15) is 11.5 Å². The molecule has 5 rings (SSSR count). The Labute approximate surface area is 268 Å². The van der Waals surface area contributed by atoms with Gasteiger partial charge in [-0.3, -0.25) is 14.5 Å². The quantitative estimate of drug-likeness (QED) is 0.124. The average molecular weight is 624 g/mol. The summed E-state index contributed by atoms with van der Waals surface area (Å²) in [6.07, 6.45) is 3.58. The zero-order chi connectivity index (χ0) is 32.8. The first-order chi connectivity index (χ1) is 22.2. The maximum Gasteiger partial charge on any atom is 0.341 e. The molecule has 2 aliphatic rings. The van der Waals surface area contributed by atoms with Gasteiger partial charge < -0.3 is 19.3 Å². The lowest BCUT2D eigenvalue weighted by Gasteiger charge is -2.34. The van der Waals surface area contributed by atoms with Crippen LogP contribution in [0.15, 0.2) is 91.0 Å². The second-order valence-electron chi connectivity index (χ2n) is 11.6. The number of methoxy groups -OCH3 is 1. The Morgan fingerprint density at radius 1 is 0.761 bits per heavy atom. The highest BCUT2D eigenvalue weighted by Gasteiger charge is 2.37. The number of amides is 2. The molecule has 3 aromatic carbocycles. The molecule has 0 aromatic heterocycles. The molecule has 0 atom stereocenters. The van der Waals surface area contributed by atoms with E-state index < -0.39 is 18.5 Å². The van der Waals surface area contributed by atoms with E-state index in [-0.39, 0.29) is 41.5 Å². The lowest BCUT2D eigenvalue weighted by Crippen LogP contribution is -2.41. The molecule has 9 nitrogen and oxygen atoms in total. The Hall–Kier alpha value is -4.86.